The van der Waals surface area contributed by atoms with Crippen LogP contribution in [0, 0.1) is 11.8 Å². The highest BCUT2D eigenvalue weighted by Gasteiger charge is 2.40. The van der Waals surface area contributed by atoms with Gasteiger partial charge in [-0.3, -0.25) is 9.59 Å². The highest BCUT2D eigenvalue weighted by Crippen LogP contribution is 2.38. The minimum absolute atomic E-state index is 0.00983. The SMILES string of the molecule is COc1ccc(CNC(=O)COC(=O)[C@H]2C[C@@H]2C)cc1. The average molecular weight is 277 g/mol. The van der Waals surface area contributed by atoms with Gasteiger partial charge in [-0.15, -0.1) is 0 Å². The number of carbonyl (C=O) groups is 2. The molecule has 2 atom stereocenters. The highest BCUT2D eigenvalue weighted by atomic mass is 16.5. The van der Waals surface area contributed by atoms with E-state index in [1.54, 1.807) is 7.11 Å². The molecule has 1 aromatic carbocycles. The average Bonchev–Trinajstić information content (AvgIpc) is 3.20. The summed E-state index contributed by atoms with van der Waals surface area (Å²) in [5, 5.41) is 2.71. The summed E-state index contributed by atoms with van der Waals surface area (Å²) in [6, 6.07) is 7.40. The number of benzene rings is 1. The number of esters is 1. The maximum atomic E-state index is 11.6. The molecule has 0 radical (unpaired) electrons. The number of nitrogens with one attached hydrogen (secondary N) is 1. The lowest BCUT2D eigenvalue weighted by Gasteiger charge is -2.07. The van der Waals surface area contributed by atoms with E-state index in [2.05, 4.69) is 5.32 Å². The number of hydrogen-bond acceptors (Lipinski definition) is 4. The molecule has 1 aliphatic carbocycles. The van der Waals surface area contributed by atoms with E-state index in [1.807, 2.05) is 31.2 Å². The van der Waals surface area contributed by atoms with Crippen LogP contribution in [0.5, 0.6) is 5.75 Å². The first-order valence-corrected chi connectivity index (χ1v) is 6.66. The molecule has 1 amide bonds. The Morgan fingerprint density at radius 1 is 1.30 bits per heavy atom. The molecule has 0 unspecified atom stereocenters. The van der Waals surface area contributed by atoms with Gasteiger partial charge in [-0.1, -0.05) is 19.1 Å². The largest absolute Gasteiger partial charge is 0.497 e. The number of rotatable bonds is 6. The summed E-state index contributed by atoms with van der Waals surface area (Å²) in [7, 11) is 1.60. The predicted molar refractivity (Wildman–Crippen MR) is 73.1 cm³/mol. The van der Waals surface area contributed by atoms with Gasteiger partial charge in [-0.25, -0.2) is 0 Å². The second-order valence-corrected chi connectivity index (χ2v) is 5.05. The lowest BCUT2D eigenvalue weighted by molar-refractivity contribution is -0.150. The van der Waals surface area contributed by atoms with Crippen molar-refractivity contribution in [2.45, 2.75) is 19.9 Å². The zero-order chi connectivity index (χ0) is 14.5. The number of ether oxygens (including phenoxy) is 2. The standard InChI is InChI=1S/C15H19NO4/c1-10-7-13(10)15(18)20-9-14(17)16-8-11-3-5-12(19-2)6-4-11/h3-6,10,13H,7-9H2,1-2H3,(H,16,17)/t10-,13-/m0/s1. The fourth-order valence-electron chi connectivity index (χ4n) is 1.89. The van der Waals surface area contributed by atoms with Crippen LogP contribution < -0.4 is 10.1 Å². The Kier molecular flexibility index (Phi) is 4.61. The molecule has 2 rings (SSSR count). The van der Waals surface area contributed by atoms with Crippen molar-refractivity contribution in [2.75, 3.05) is 13.7 Å². The summed E-state index contributed by atoms with van der Waals surface area (Å²) >= 11 is 0. The van der Waals surface area contributed by atoms with Crippen LogP contribution in [-0.4, -0.2) is 25.6 Å². The van der Waals surface area contributed by atoms with Gasteiger partial charge in [0.05, 0.1) is 13.0 Å². The van der Waals surface area contributed by atoms with Crippen molar-refractivity contribution in [3.8, 4) is 5.75 Å². The van der Waals surface area contributed by atoms with Gasteiger partial charge in [0.25, 0.3) is 5.91 Å². The van der Waals surface area contributed by atoms with Gasteiger partial charge in [0.15, 0.2) is 6.61 Å². The van der Waals surface area contributed by atoms with Gasteiger partial charge in [-0.05, 0) is 30.0 Å². The van der Waals surface area contributed by atoms with Gasteiger partial charge in [0.2, 0.25) is 0 Å². The van der Waals surface area contributed by atoms with Crippen molar-refractivity contribution in [1.29, 1.82) is 0 Å². The molecule has 0 bridgehead atoms. The first-order valence-electron chi connectivity index (χ1n) is 6.66. The van der Waals surface area contributed by atoms with E-state index in [4.69, 9.17) is 9.47 Å². The summed E-state index contributed by atoms with van der Waals surface area (Å²) in [5.41, 5.74) is 0.960. The van der Waals surface area contributed by atoms with Crippen LogP contribution in [0.3, 0.4) is 0 Å². The van der Waals surface area contributed by atoms with Gasteiger partial charge in [0.1, 0.15) is 5.75 Å². The topological polar surface area (TPSA) is 64.6 Å². The normalized spacial score (nSPS) is 20.1. The van der Waals surface area contributed by atoms with Gasteiger partial charge in [0, 0.05) is 6.54 Å². The molecule has 20 heavy (non-hydrogen) atoms. The molecule has 5 heteroatoms. The van der Waals surface area contributed by atoms with Gasteiger partial charge in [-0.2, -0.15) is 0 Å². The Hall–Kier alpha value is -2.04. The number of amides is 1. The summed E-state index contributed by atoms with van der Waals surface area (Å²) < 4.78 is 10.0. The molecule has 1 fully saturated rings. The van der Waals surface area contributed by atoms with Crippen molar-refractivity contribution in [3.63, 3.8) is 0 Å². The molecular formula is C15H19NO4. The molecule has 1 aromatic rings. The molecule has 0 aromatic heterocycles. The Morgan fingerprint density at radius 2 is 1.95 bits per heavy atom. The number of hydrogen-bond donors (Lipinski definition) is 1. The minimum Gasteiger partial charge on any atom is -0.497 e. The van der Waals surface area contributed by atoms with E-state index in [9.17, 15) is 9.59 Å². The summed E-state index contributed by atoms with van der Waals surface area (Å²) in [6.07, 6.45) is 0.867. The quantitative estimate of drug-likeness (QED) is 0.801. The predicted octanol–water partition coefficient (Wildman–Crippen LogP) is 1.51. The first-order chi connectivity index (χ1) is 9.60. The third-order valence-corrected chi connectivity index (χ3v) is 3.41. The molecule has 1 aliphatic rings. The maximum absolute atomic E-state index is 11.6. The number of methoxy groups -OCH3 is 1. The molecule has 1 N–H and O–H groups in total. The molecule has 0 spiro atoms. The molecule has 0 aliphatic heterocycles. The van der Waals surface area contributed by atoms with Crippen molar-refractivity contribution >= 4 is 11.9 Å². The molecule has 5 nitrogen and oxygen atoms in total. The van der Waals surface area contributed by atoms with E-state index in [0.717, 1.165) is 17.7 Å². The third-order valence-electron chi connectivity index (χ3n) is 3.41. The Balaban J connectivity index is 1.67. The van der Waals surface area contributed by atoms with Crippen LogP contribution in [0.4, 0.5) is 0 Å². The summed E-state index contributed by atoms with van der Waals surface area (Å²) in [4.78, 5) is 23.0. The van der Waals surface area contributed by atoms with Crippen molar-refractivity contribution < 1.29 is 19.1 Å². The second kappa shape index (κ2) is 6.41. The smallest absolute Gasteiger partial charge is 0.309 e. The third kappa shape index (κ3) is 3.98. The lowest BCUT2D eigenvalue weighted by Crippen LogP contribution is -2.28. The zero-order valence-corrected chi connectivity index (χ0v) is 11.7. The minimum atomic E-state index is -0.289. The van der Waals surface area contributed by atoms with Crippen LogP contribution in [-0.2, 0) is 20.9 Å². The van der Waals surface area contributed by atoms with Gasteiger partial charge < -0.3 is 14.8 Å². The van der Waals surface area contributed by atoms with Crippen LogP contribution in [0.2, 0.25) is 0 Å². The van der Waals surface area contributed by atoms with Crippen molar-refractivity contribution in [2.24, 2.45) is 11.8 Å². The summed E-state index contributed by atoms with van der Waals surface area (Å²) in [6.45, 7) is 2.19. The van der Waals surface area contributed by atoms with E-state index >= 15 is 0 Å². The van der Waals surface area contributed by atoms with E-state index in [-0.39, 0.29) is 24.4 Å². The van der Waals surface area contributed by atoms with Crippen LogP contribution in [0.15, 0.2) is 24.3 Å². The zero-order valence-electron chi connectivity index (χ0n) is 11.7. The van der Waals surface area contributed by atoms with Crippen LogP contribution in [0.1, 0.15) is 18.9 Å². The molecule has 1 saturated carbocycles. The monoisotopic (exact) mass is 277 g/mol. The molecule has 0 heterocycles. The van der Waals surface area contributed by atoms with Crippen molar-refractivity contribution in [3.05, 3.63) is 29.8 Å². The summed E-state index contributed by atoms with van der Waals surface area (Å²) in [5.74, 6) is 0.598. The molecule has 108 valence electrons. The van der Waals surface area contributed by atoms with Crippen LogP contribution in [0.25, 0.3) is 0 Å². The van der Waals surface area contributed by atoms with Crippen LogP contribution >= 0.6 is 0 Å². The van der Waals surface area contributed by atoms with E-state index in [0.29, 0.717) is 12.5 Å². The Morgan fingerprint density at radius 3 is 2.50 bits per heavy atom. The fourth-order valence-corrected chi connectivity index (χ4v) is 1.89. The Bertz CT molecular complexity index is 483. The maximum Gasteiger partial charge on any atom is 0.309 e. The first kappa shape index (κ1) is 14.4. The van der Waals surface area contributed by atoms with E-state index < -0.39 is 0 Å². The lowest BCUT2D eigenvalue weighted by atomic mass is 10.2. The fraction of sp³-hybridized carbons (Fsp3) is 0.467. The van der Waals surface area contributed by atoms with Gasteiger partial charge >= 0.3 is 5.97 Å². The number of carbonyl (C=O) groups excluding carboxylic acids is 2. The van der Waals surface area contributed by atoms with E-state index in [1.165, 1.54) is 0 Å². The Labute approximate surface area is 118 Å². The molecular weight excluding hydrogens is 258 g/mol. The molecule has 0 saturated heterocycles. The second-order valence-electron chi connectivity index (χ2n) is 5.05. The van der Waals surface area contributed by atoms with Crippen molar-refractivity contribution in [1.82, 2.24) is 5.32 Å². The highest BCUT2D eigenvalue weighted by molar-refractivity contribution is 5.82.